The summed E-state index contributed by atoms with van der Waals surface area (Å²) in [6.07, 6.45) is 0. The largest absolute Gasteiger partial charge is 0.487 e. The van der Waals surface area contributed by atoms with Crippen molar-refractivity contribution in [2.75, 3.05) is 0 Å². The second kappa shape index (κ2) is 5.39. The zero-order chi connectivity index (χ0) is 13.9. The Labute approximate surface area is 118 Å². The highest BCUT2D eigenvalue weighted by atomic mass is 16.5. The van der Waals surface area contributed by atoms with E-state index in [9.17, 15) is 0 Å². The number of hydrogen-bond acceptors (Lipinski definition) is 2. The molecule has 0 amide bonds. The minimum Gasteiger partial charge on any atom is -0.487 e. The molecule has 0 saturated heterocycles. The van der Waals surface area contributed by atoms with Crippen molar-refractivity contribution in [3.63, 3.8) is 0 Å². The first-order valence-corrected chi connectivity index (χ1v) is 6.73. The second-order valence-corrected chi connectivity index (χ2v) is 4.89. The number of para-hydroxylation sites is 1. The van der Waals surface area contributed by atoms with Crippen molar-refractivity contribution in [3.8, 4) is 5.75 Å². The van der Waals surface area contributed by atoms with Crippen LogP contribution in [-0.2, 0) is 20.2 Å². The normalized spacial score (nSPS) is 10.9. The number of hydrogen-bond donors (Lipinski definition) is 1. The fourth-order valence-electron chi connectivity index (χ4n) is 2.37. The van der Waals surface area contributed by atoms with Gasteiger partial charge in [-0.05, 0) is 35.2 Å². The van der Waals surface area contributed by atoms with E-state index in [-0.39, 0.29) is 0 Å². The maximum absolute atomic E-state index is 5.81. The fourth-order valence-corrected chi connectivity index (χ4v) is 2.37. The van der Waals surface area contributed by atoms with Gasteiger partial charge < -0.3 is 15.0 Å². The van der Waals surface area contributed by atoms with Gasteiger partial charge in [0.15, 0.2) is 0 Å². The average molecular weight is 266 g/mol. The smallest absolute Gasteiger partial charge is 0.128 e. The molecule has 0 aliphatic heterocycles. The van der Waals surface area contributed by atoms with Crippen molar-refractivity contribution in [3.05, 3.63) is 65.9 Å². The molecule has 3 nitrogen and oxygen atoms in total. The van der Waals surface area contributed by atoms with E-state index in [0.717, 1.165) is 17.0 Å². The molecule has 0 unspecified atom stereocenters. The van der Waals surface area contributed by atoms with Gasteiger partial charge in [-0.25, -0.2) is 0 Å². The van der Waals surface area contributed by atoms with E-state index < -0.39 is 0 Å². The standard InChI is InChI=1S/C17H18N2O/c1-19-15(12-20-16-5-3-2-4-6-16)10-14-8-7-13(11-18)9-17(14)19/h2-10H,11-12,18H2,1H3. The first kappa shape index (κ1) is 12.8. The molecule has 0 atom stereocenters. The number of ether oxygens (including phenoxy) is 1. The molecule has 3 heteroatoms. The van der Waals surface area contributed by atoms with Gasteiger partial charge in [-0.1, -0.05) is 30.3 Å². The minimum absolute atomic E-state index is 0.563. The number of fused-ring (bicyclic) bond motifs is 1. The number of aromatic nitrogens is 1. The Balaban J connectivity index is 1.86. The highest BCUT2D eigenvalue weighted by Crippen LogP contribution is 2.21. The van der Waals surface area contributed by atoms with Crippen LogP contribution in [0.2, 0.25) is 0 Å². The van der Waals surface area contributed by atoms with Crippen LogP contribution in [-0.4, -0.2) is 4.57 Å². The monoisotopic (exact) mass is 266 g/mol. The summed E-state index contributed by atoms with van der Waals surface area (Å²) < 4.78 is 7.98. The lowest BCUT2D eigenvalue weighted by atomic mass is 10.1. The van der Waals surface area contributed by atoms with E-state index in [4.69, 9.17) is 10.5 Å². The molecule has 20 heavy (non-hydrogen) atoms. The highest BCUT2D eigenvalue weighted by molar-refractivity contribution is 5.82. The van der Waals surface area contributed by atoms with Crippen molar-refractivity contribution >= 4 is 10.9 Å². The van der Waals surface area contributed by atoms with E-state index in [1.54, 1.807) is 0 Å². The Morgan fingerprint density at radius 2 is 1.85 bits per heavy atom. The first-order chi connectivity index (χ1) is 9.78. The SMILES string of the molecule is Cn1c(COc2ccccc2)cc2ccc(CN)cc21. The van der Waals surface area contributed by atoms with Gasteiger partial charge in [-0.15, -0.1) is 0 Å². The molecule has 0 radical (unpaired) electrons. The molecular formula is C17H18N2O. The zero-order valence-corrected chi connectivity index (χ0v) is 11.5. The van der Waals surface area contributed by atoms with Crippen LogP contribution in [0.5, 0.6) is 5.75 Å². The van der Waals surface area contributed by atoms with Gasteiger partial charge in [0.05, 0.1) is 5.69 Å². The Morgan fingerprint density at radius 3 is 2.60 bits per heavy atom. The van der Waals surface area contributed by atoms with Crippen LogP contribution in [0.15, 0.2) is 54.6 Å². The lowest BCUT2D eigenvalue weighted by Gasteiger charge is -2.07. The third-order valence-electron chi connectivity index (χ3n) is 3.57. The van der Waals surface area contributed by atoms with E-state index in [2.05, 4.69) is 35.9 Å². The molecule has 3 rings (SSSR count). The number of nitrogens with zero attached hydrogens (tertiary/aromatic N) is 1. The predicted octanol–water partition coefficient (Wildman–Crippen LogP) is 3.22. The molecule has 0 saturated carbocycles. The average Bonchev–Trinajstić information content (AvgIpc) is 2.82. The summed E-state index contributed by atoms with van der Waals surface area (Å²) in [6.45, 7) is 1.13. The Kier molecular flexibility index (Phi) is 3.44. The van der Waals surface area contributed by atoms with Gasteiger partial charge in [-0.2, -0.15) is 0 Å². The molecule has 1 heterocycles. The van der Waals surface area contributed by atoms with Gasteiger partial charge in [-0.3, -0.25) is 0 Å². The summed E-state index contributed by atoms with van der Waals surface area (Å²) in [5.74, 6) is 0.889. The van der Waals surface area contributed by atoms with Crippen LogP contribution in [0.3, 0.4) is 0 Å². The van der Waals surface area contributed by atoms with Gasteiger partial charge in [0.1, 0.15) is 12.4 Å². The molecule has 0 bridgehead atoms. The number of rotatable bonds is 4. The summed E-state index contributed by atoms with van der Waals surface area (Å²) in [5, 5.41) is 1.22. The van der Waals surface area contributed by atoms with Gasteiger partial charge in [0, 0.05) is 19.1 Å². The summed E-state index contributed by atoms with van der Waals surface area (Å²) in [5.41, 5.74) is 9.19. The molecule has 0 aliphatic rings. The summed E-state index contributed by atoms with van der Waals surface area (Å²) in [4.78, 5) is 0. The van der Waals surface area contributed by atoms with Crippen LogP contribution in [0.1, 0.15) is 11.3 Å². The van der Waals surface area contributed by atoms with E-state index in [1.165, 1.54) is 10.9 Å². The number of benzene rings is 2. The number of aryl methyl sites for hydroxylation is 1. The quantitative estimate of drug-likeness (QED) is 0.787. The molecule has 102 valence electrons. The van der Waals surface area contributed by atoms with Crippen LogP contribution in [0, 0.1) is 0 Å². The molecular weight excluding hydrogens is 248 g/mol. The number of nitrogens with two attached hydrogens (primary N) is 1. The third-order valence-corrected chi connectivity index (χ3v) is 3.57. The van der Waals surface area contributed by atoms with E-state index in [1.807, 2.05) is 30.3 Å². The van der Waals surface area contributed by atoms with Crippen LogP contribution < -0.4 is 10.5 Å². The van der Waals surface area contributed by atoms with Crippen molar-refractivity contribution in [2.45, 2.75) is 13.2 Å². The fraction of sp³-hybridized carbons (Fsp3) is 0.176. The van der Waals surface area contributed by atoms with Gasteiger partial charge in [0.2, 0.25) is 0 Å². The summed E-state index contributed by atoms with van der Waals surface area (Å²) >= 11 is 0. The molecule has 3 aromatic rings. The highest BCUT2D eigenvalue weighted by Gasteiger charge is 2.07. The Hall–Kier alpha value is -2.26. The Bertz CT molecular complexity index is 716. The second-order valence-electron chi connectivity index (χ2n) is 4.89. The van der Waals surface area contributed by atoms with Crippen LogP contribution >= 0.6 is 0 Å². The third kappa shape index (κ3) is 2.40. The Morgan fingerprint density at radius 1 is 1.05 bits per heavy atom. The molecule has 0 spiro atoms. The molecule has 0 aliphatic carbocycles. The molecule has 1 aromatic heterocycles. The molecule has 2 aromatic carbocycles. The van der Waals surface area contributed by atoms with Crippen molar-refractivity contribution in [2.24, 2.45) is 12.8 Å². The van der Waals surface area contributed by atoms with E-state index in [0.29, 0.717) is 13.2 Å². The van der Waals surface area contributed by atoms with Gasteiger partial charge >= 0.3 is 0 Å². The maximum Gasteiger partial charge on any atom is 0.128 e. The van der Waals surface area contributed by atoms with Crippen molar-refractivity contribution in [1.82, 2.24) is 4.57 Å². The molecule has 2 N–H and O–H groups in total. The lowest BCUT2D eigenvalue weighted by molar-refractivity contribution is 0.298. The summed E-state index contributed by atoms with van der Waals surface area (Å²) in [6, 6.07) is 18.4. The predicted molar refractivity (Wildman–Crippen MR) is 81.6 cm³/mol. The lowest BCUT2D eigenvalue weighted by Crippen LogP contribution is -2.02. The maximum atomic E-state index is 5.81. The molecule has 0 fully saturated rings. The summed E-state index contributed by atoms with van der Waals surface area (Å²) in [7, 11) is 2.06. The topological polar surface area (TPSA) is 40.2 Å². The van der Waals surface area contributed by atoms with Crippen LogP contribution in [0.4, 0.5) is 0 Å². The zero-order valence-electron chi connectivity index (χ0n) is 11.5. The first-order valence-electron chi connectivity index (χ1n) is 6.73. The van der Waals surface area contributed by atoms with E-state index >= 15 is 0 Å². The minimum atomic E-state index is 0.563. The van der Waals surface area contributed by atoms with Crippen molar-refractivity contribution < 1.29 is 4.74 Å². The van der Waals surface area contributed by atoms with Crippen molar-refractivity contribution in [1.29, 1.82) is 0 Å². The van der Waals surface area contributed by atoms with Crippen LogP contribution in [0.25, 0.3) is 10.9 Å². The van der Waals surface area contributed by atoms with Gasteiger partial charge in [0.25, 0.3) is 0 Å².